The van der Waals surface area contributed by atoms with Crippen LogP contribution >= 0.6 is 0 Å². The smallest absolute Gasteiger partial charge is 0.260 e. The molecule has 0 unspecified atom stereocenters. The molecule has 1 aliphatic rings. The number of rotatable bonds is 6. The van der Waals surface area contributed by atoms with Crippen molar-refractivity contribution < 1.29 is 27.8 Å². The lowest BCUT2D eigenvalue weighted by molar-refractivity contribution is -0.134. The van der Waals surface area contributed by atoms with E-state index in [2.05, 4.69) is 18.7 Å². The first-order valence-electron chi connectivity index (χ1n) is 12.8. The summed E-state index contributed by atoms with van der Waals surface area (Å²) < 4.78 is 39.8. The number of para-hydroxylation sites is 2. The zero-order valence-electron chi connectivity index (χ0n) is 22.1. The Bertz CT molecular complexity index is 1080. The summed E-state index contributed by atoms with van der Waals surface area (Å²) in [5.41, 5.74) is 0.679. The van der Waals surface area contributed by atoms with Crippen LogP contribution in [0.1, 0.15) is 45.6 Å². The van der Waals surface area contributed by atoms with Gasteiger partial charge in [0.15, 0.2) is 29.7 Å². The number of halogens is 2. The second-order valence-corrected chi connectivity index (χ2v) is 9.39. The van der Waals surface area contributed by atoms with E-state index < -0.39 is 11.6 Å². The van der Waals surface area contributed by atoms with E-state index in [-0.39, 0.29) is 37.4 Å². The Morgan fingerprint density at radius 1 is 0.946 bits per heavy atom. The van der Waals surface area contributed by atoms with Gasteiger partial charge in [-0.25, -0.2) is 8.78 Å². The van der Waals surface area contributed by atoms with Gasteiger partial charge in [-0.15, -0.1) is 0 Å². The number of carbonyl (C=O) groups excluding carboxylic acids is 2. The molecule has 2 aromatic rings. The Hall–Kier alpha value is -3.20. The minimum absolute atomic E-state index is 0.0236. The zero-order valence-corrected chi connectivity index (χ0v) is 22.1. The maximum absolute atomic E-state index is 14.4. The molecule has 0 saturated heterocycles. The Kier molecular flexibility index (Phi) is 10.3. The largest absolute Gasteiger partial charge is 0.493 e. The summed E-state index contributed by atoms with van der Waals surface area (Å²) in [5.74, 6) is -1.58. The van der Waals surface area contributed by atoms with Crippen LogP contribution < -0.4 is 14.4 Å². The molecule has 2 aromatic carbocycles. The van der Waals surface area contributed by atoms with Crippen molar-refractivity contribution in [3.05, 3.63) is 53.6 Å². The highest BCUT2D eigenvalue weighted by Crippen LogP contribution is 2.28. The average molecular weight is 518 g/mol. The van der Waals surface area contributed by atoms with Gasteiger partial charge in [0.2, 0.25) is 5.91 Å². The fraction of sp³-hybridized carbons (Fsp3) is 0.500. The number of amides is 2. The van der Waals surface area contributed by atoms with E-state index in [9.17, 15) is 18.4 Å². The predicted molar refractivity (Wildman–Crippen MR) is 139 cm³/mol. The lowest BCUT2D eigenvalue weighted by atomic mass is 10.1. The van der Waals surface area contributed by atoms with Gasteiger partial charge in [0.25, 0.3) is 5.91 Å². The Balaban J connectivity index is 1.94. The van der Waals surface area contributed by atoms with Crippen molar-refractivity contribution in [1.82, 2.24) is 9.80 Å². The van der Waals surface area contributed by atoms with Crippen molar-refractivity contribution in [2.24, 2.45) is 0 Å². The molecule has 37 heavy (non-hydrogen) atoms. The summed E-state index contributed by atoms with van der Waals surface area (Å²) in [6.45, 7) is 8.02. The third-order valence-electron chi connectivity index (χ3n) is 6.58. The molecule has 7 nitrogen and oxygen atoms in total. The quantitative estimate of drug-likeness (QED) is 0.559. The molecule has 3 rings (SSSR count). The number of methoxy groups -OCH3 is 1. The van der Waals surface area contributed by atoms with E-state index in [4.69, 9.17) is 9.47 Å². The Morgan fingerprint density at radius 2 is 1.59 bits per heavy atom. The number of hydrogen-bond acceptors (Lipinski definition) is 5. The van der Waals surface area contributed by atoms with Crippen molar-refractivity contribution in [2.45, 2.75) is 52.6 Å². The normalized spacial score (nSPS) is 15.5. The second kappa shape index (κ2) is 13.4. The summed E-state index contributed by atoms with van der Waals surface area (Å²) in [6, 6.07) is 9.49. The first kappa shape index (κ1) is 28.4. The first-order chi connectivity index (χ1) is 17.7. The molecular formula is C28H37F2N3O4. The van der Waals surface area contributed by atoms with Crippen molar-refractivity contribution in [3.8, 4) is 11.5 Å². The molecule has 1 heterocycles. The van der Waals surface area contributed by atoms with Gasteiger partial charge in [-0.2, -0.15) is 0 Å². The maximum atomic E-state index is 14.4. The van der Waals surface area contributed by atoms with E-state index in [1.165, 1.54) is 12.0 Å². The van der Waals surface area contributed by atoms with Crippen LogP contribution in [0.15, 0.2) is 36.4 Å². The molecule has 1 aliphatic heterocycles. The van der Waals surface area contributed by atoms with E-state index in [1.807, 2.05) is 0 Å². The molecule has 0 aliphatic carbocycles. The fourth-order valence-corrected chi connectivity index (χ4v) is 4.52. The molecule has 0 fully saturated rings. The van der Waals surface area contributed by atoms with Crippen LogP contribution in [0.2, 0.25) is 0 Å². The molecule has 0 bridgehead atoms. The number of fused-ring (bicyclic) bond motifs is 1. The van der Waals surface area contributed by atoms with E-state index in [1.54, 1.807) is 36.1 Å². The zero-order chi connectivity index (χ0) is 26.9. The standard InChI is InChI=1S/C28H37F2N3O4/c1-5-27(34)33-15-9-13-31(20(2)3)12-8-14-32(18-21-16-22(29)23(30)17-24(21)33)28(35)19-37-26-11-7-6-10-25(26)36-4/h6-7,10-11,16-17,20H,5,8-9,12-15,18-19H2,1-4H3. The minimum Gasteiger partial charge on any atom is -0.493 e. The van der Waals surface area contributed by atoms with Gasteiger partial charge < -0.3 is 24.2 Å². The molecule has 0 radical (unpaired) electrons. The molecule has 0 atom stereocenters. The Morgan fingerprint density at radius 3 is 2.24 bits per heavy atom. The van der Waals surface area contributed by atoms with Crippen LogP contribution in [-0.2, 0) is 16.1 Å². The Labute approximate surface area is 217 Å². The van der Waals surface area contributed by atoms with Crippen LogP contribution in [0.3, 0.4) is 0 Å². The monoisotopic (exact) mass is 517 g/mol. The van der Waals surface area contributed by atoms with Gasteiger partial charge in [-0.1, -0.05) is 19.1 Å². The highest BCUT2D eigenvalue weighted by molar-refractivity contribution is 5.94. The molecule has 0 aromatic heterocycles. The highest BCUT2D eigenvalue weighted by atomic mass is 19.2. The second-order valence-electron chi connectivity index (χ2n) is 9.39. The van der Waals surface area contributed by atoms with Crippen molar-refractivity contribution in [1.29, 1.82) is 0 Å². The van der Waals surface area contributed by atoms with Crippen LogP contribution in [-0.4, -0.2) is 67.6 Å². The van der Waals surface area contributed by atoms with Crippen LogP contribution in [0.5, 0.6) is 11.5 Å². The van der Waals surface area contributed by atoms with Gasteiger partial charge >= 0.3 is 0 Å². The summed E-state index contributed by atoms with van der Waals surface area (Å²) >= 11 is 0. The summed E-state index contributed by atoms with van der Waals surface area (Å²) in [5, 5.41) is 0. The number of carbonyl (C=O) groups is 2. The fourth-order valence-electron chi connectivity index (χ4n) is 4.52. The molecule has 9 heteroatoms. The summed E-state index contributed by atoms with van der Waals surface area (Å²) in [6.07, 6.45) is 1.62. The first-order valence-corrected chi connectivity index (χ1v) is 12.8. The third kappa shape index (κ3) is 7.41. The molecule has 202 valence electrons. The highest BCUT2D eigenvalue weighted by Gasteiger charge is 2.25. The van der Waals surface area contributed by atoms with Crippen LogP contribution in [0.4, 0.5) is 14.5 Å². The molecule has 0 N–H and O–H groups in total. The van der Waals surface area contributed by atoms with Gasteiger partial charge in [0, 0.05) is 51.3 Å². The average Bonchev–Trinajstić information content (AvgIpc) is 2.88. The van der Waals surface area contributed by atoms with Crippen molar-refractivity contribution in [3.63, 3.8) is 0 Å². The minimum atomic E-state index is -1.03. The maximum Gasteiger partial charge on any atom is 0.260 e. The number of hydrogen-bond donors (Lipinski definition) is 0. The molecule has 2 amide bonds. The summed E-state index contributed by atoms with van der Waals surface area (Å²) in [7, 11) is 1.52. The predicted octanol–water partition coefficient (Wildman–Crippen LogP) is 4.63. The van der Waals surface area contributed by atoms with E-state index in [0.717, 1.165) is 25.2 Å². The van der Waals surface area contributed by atoms with Crippen LogP contribution in [0, 0.1) is 11.6 Å². The van der Waals surface area contributed by atoms with Crippen molar-refractivity contribution >= 4 is 17.5 Å². The molecule has 0 spiro atoms. The topological polar surface area (TPSA) is 62.3 Å². The number of ether oxygens (including phenoxy) is 2. The lowest BCUT2D eigenvalue weighted by Crippen LogP contribution is -2.41. The molecule has 0 saturated carbocycles. The van der Waals surface area contributed by atoms with E-state index >= 15 is 0 Å². The van der Waals surface area contributed by atoms with Gasteiger partial charge in [0.05, 0.1) is 12.8 Å². The van der Waals surface area contributed by atoms with E-state index in [0.29, 0.717) is 48.7 Å². The third-order valence-corrected chi connectivity index (χ3v) is 6.58. The number of benzene rings is 2. The van der Waals surface area contributed by atoms with Gasteiger partial charge in [-0.3, -0.25) is 9.59 Å². The molecular weight excluding hydrogens is 480 g/mol. The van der Waals surface area contributed by atoms with Crippen LogP contribution in [0.25, 0.3) is 0 Å². The van der Waals surface area contributed by atoms with Gasteiger partial charge in [-0.05, 0) is 50.5 Å². The summed E-state index contributed by atoms with van der Waals surface area (Å²) in [4.78, 5) is 31.6. The SMILES string of the molecule is CCC(=O)N1CCCN(C(C)C)CCCN(C(=O)COc2ccccc2OC)Cc2cc(F)c(F)cc21. The van der Waals surface area contributed by atoms with Crippen molar-refractivity contribution in [2.75, 3.05) is 44.8 Å². The number of anilines is 1. The van der Waals surface area contributed by atoms with Gasteiger partial charge in [0.1, 0.15) is 0 Å². The number of nitrogens with zero attached hydrogens (tertiary/aromatic N) is 3. The lowest BCUT2D eigenvalue weighted by Gasteiger charge is -2.33.